The summed E-state index contributed by atoms with van der Waals surface area (Å²) in [5.41, 5.74) is 0.470. The lowest BCUT2D eigenvalue weighted by atomic mass is 10.1. The summed E-state index contributed by atoms with van der Waals surface area (Å²) in [6, 6.07) is 2.99. The van der Waals surface area contributed by atoms with Crippen LogP contribution in [0.2, 0.25) is 0 Å². The van der Waals surface area contributed by atoms with E-state index in [-0.39, 0.29) is 35.8 Å². The fourth-order valence-electron chi connectivity index (χ4n) is 3.77. The molecule has 1 aliphatic carbocycles. The fourth-order valence-corrected chi connectivity index (χ4v) is 3.77. The Bertz CT molecular complexity index is 1090. The smallest absolute Gasteiger partial charge is 0.364 e. The van der Waals surface area contributed by atoms with Crippen molar-refractivity contribution in [1.29, 1.82) is 0 Å². The summed E-state index contributed by atoms with van der Waals surface area (Å²) < 4.78 is 38.9. The molecule has 9 nitrogen and oxygen atoms in total. The van der Waals surface area contributed by atoms with Crippen LogP contribution < -0.4 is 10.6 Å². The molecule has 3 aromatic rings. The Labute approximate surface area is 181 Å². The SMILES string of the molecule is CCc1nc(C(F)(F)F)cnc1N[C@H]1CCC[C@@H]1NC(=O)c1ncccc1-c1cn[nH]n1. The first-order valence-corrected chi connectivity index (χ1v) is 10.2. The average Bonchev–Trinajstić information content (AvgIpc) is 3.46. The van der Waals surface area contributed by atoms with Gasteiger partial charge in [0.1, 0.15) is 17.2 Å². The van der Waals surface area contributed by atoms with Crippen molar-refractivity contribution in [3.8, 4) is 11.3 Å². The number of amides is 1. The number of carbonyl (C=O) groups excluding carboxylic acids is 1. The molecule has 0 saturated heterocycles. The van der Waals surface area contributed by atoms with E-state index in [2.05, 4.69) is 41.0 Å². The van der Waals surface area contributed by atoms with Crippen LogP contribution in [0.4, 0.5) is 19.0 Å². The second-order valence-electron chi connectivity index (χ2n) is 7.42. The molecule has 1 amide bonds. The number of carbonyl (C=O) groups is 1. The maximum Gasteiger partial charge on any atom is 0.434 e. The van der Waals surface area contributed by atoms with Crippen molar-refractivity contribution in [2.45, 2.75) is 50.9 Å². The van der Waals surface area contributed by atoms with E-state index >= 15 is 0 Å². The lowest BCUT2D eigenvalue weighted by Gasteiger charge is -2.24. The molecule has 0 spiro atoms. The van der Waals surface area contributed by atoms with Crippen molar-refractivity contribution in [1.82, 2.24) is 35.7 Å². The van der Waals surface area contributed by atoms with Crippen LogP contribution in [0.3, 0.4) is 0 Å². The first-order chi connectivity index (χ1) is 15.4. The van der Waals surface area contributed by atoms with Gasteiger partial charge in [0.05, 0.1) is 18.1 Å². The van der Waals surface area contributed by atoms with Gasteiger partial charge >= 0.3 is 6.18 Å². The number of nitrogens with one attached hydrogen (secondary N) is 3. The van der Waals surface area contributed by atoms with Crippen molar-refractivity contribution in [3.05, 3.63) is 47.8 Å². The van der Waals surface area contributed by atoms with E-state index in [0.717, 1.165) is 19.0 Å². The first-order valence-electron chi connectivity index (χ1n) is 10.2. The molecule has 1 saturated carbocycles. The topological polar surface area (TPSA) is 121 Å². The summed E-state index contributed by atoms with van der Waals surface area (Å²) in [6.07, 6.45) is 1.78. The molecular weight excluding hydrogens is 425 g/mol. The molecule has 3 aromatic heterocycles. The van der Waals surface area contributed by atoms with Crippen LogP contribution in [0.15, 0.2) is 30.7 Å². The molecule has 32 heavy (non-hydrogen) atoms. The second kappa shape index (κ2) is 8.89. The standard InChI is InChI=1S/C20H21F3N8O/c1-2-12-18(25-10-16(27-12)20(21,22)23)28-13-6-3-7-14(13)29-19(32)17-11(5-4-8-24-17)15-9-26-31-30-15/h4-5,8-10,13-14H,2-3,6-7H2,1H3,(H,25,28)(H,29,32)(H,26,30,31)/t13-,14-/m0/s1. The molecule has 0 unspecified atom stereocenters. The Balaban J connectivity index is 1.50. The first kappa shape index (κ1) is 21.7. The Kier molecular flexibility index (Phi) is 6.01. The minimum absolute atomic E-state index is 0.200. The van der Waals surface area contributed by atoms with Gasteiger partial charge in [0.15, 0.2) is 5.69 Å². The predicted octanol–water partition coefficient (Wildman–Crippen LogP) is 3.00. The van der Waals surface area contributed by atoms with Gasteiger partial charge in [-0.2, -0.15) is 28.6 Å². The van der Waals surface area contributed by atoms with Gasteiger partial charge in [0.2, 0.25) is 0 Å². The number of anilines is 1. The maximum absolute atomic E-state index is 13.0. The third-order valence-corrected chi connectivity index (χ3v) is 5.34. The van der Waals surface area contributed by atoms with Gasteiger partial charge in [-0.05, 0) is 37.8 Å². The number of aromatic nitrogens is 6. The van der Waals surface area contributed by atoms with E-state index in [9.17, 15) is 18.0 Å². The summed E-state index contributed by atoms with van der Waals surface area (Å²) in [5, 5.41) is 16.5. The van der Waals surface area contributed by atoms with E-state index < -0.39 is 11.9 Å². The molecule has 1 fully saturated rings. The van der Waals surface area contributed by atoms with Crippen molar-refractivity contribution in [3.63, 3.8) is 0 Å². The second-order valence-corrected chi connectivity index (χ2v) is 7.42. The van der Waals surface area contributed by atoms with Gasteiger partial charge in [0.25, 0.3) is 5.91 Å². The number of pyridine rings is 1. The predicted molar refractivity (Wildman–Crippen MR) is 109 cm³/mol. The van der Waals surface area contributed by atoms with E-state index in [4.69, 9.17) is 0 Å². The molecule has 2 atom stereocenters. The molecule has 3 heterocycles. The van der Waals surface area contributed by atoms with Gasteiger partial charge in [-0.15, -0.1) is 0 Å². The largest absolute Gasteiger partial charge is 0.434 e. The number of hydrogen-bond donors (Lipinski definition) is 3. The van der Waals surface area contributed by atoms with E-state index in [1.54, 1.807) is 19.1 Å². The minimum Gasteiger partial charge on any atom is -0.364 e. The molecule has 1 aliphatic rings. The third-order valence-electron chi connectivity index (χ3n) is 5.34. The van der Waals surface area contributed by atoms with Gasteiger partial charge in [-0.3, -0.25) is 9.78 Å². The van der Waals surface area contributed by atoms with Gasteiger partial charge in [-0.1, -0.05) is 6.92 Å². The van der Waals surface area contributed by atoms with E-state index in [1.807, 2.05) is 0 Å². The fraction of sp³-hybridized carbons (Fsp3) is 0.400. The van der Waals surface area contributed by atoms with Crippen molar-refractivity contribution < 1.29 is 18.0 Å². The van der Waals surface area contributed by atoms with Crippen molar-refractivity contribution >= 4 is 11.7 Å². The van der Waals surface area contributed by atoms with Crippen LogP contribution in [0.25, 0.3) is 11.3 Å². The number of nitrogens with zero attached hydrogens (tertiary/aromatic N) is 5. The molecule has 0 bridgehead atoms. The highest BCUT2D eigenvalue weighted by atomic mass is 19.4. The zero-order valence-electron chi connectivity index (χ0n) is 17.1. The summed E-state index contributed by atoms with van der Waals surface area (Å²) in [4.78, 5) is 24.9. The summed E-state index contributed by atoms with van der Waals surface area (Å²) in [7, 11) is 0. The molecule has 3 N–H and O–H groups in total. The third kappa shape index (κ3) is 4.53. The Morgan fingerprint density at radius 2 is 2.03 bits per heavy atom. The molecule has 0 aliphatic heterocycles. The number of H-pyrrole nitrogens is 1. The van der Waals surface area contributed by atoms with Crippen LogP contribution in [0, 0.1) is 0 Å². The average molecular weight is 446 g/mol. The molecular formula is C20H21F3N8O. The number of aromatic amines is 1. The van der Waals surface area contributed by atoms with Gasteiger partial charge in [0, 0.05) is 23.8 Å². The van der Waals surface area contributed by atoms with Crippen molar-refractivity contribution in [2.24, 2.45) is 0 Å². The highest BCUT2D eigenvalue weighted by Crippen LogP contribution is 2.30. The number of hydrogen-bond acceptors (Lipinski definition) is 7. The highest BCUT2D eigenvalue weighted by Gasteiger charge is 2.35. The highest BCUT2D eigenvalue weighted by molar-refractivity contribution is 5.98. The van der Waals surface area contributed by atoms with Crippen molar-refractivity contribution in [2.75, 3.05) is 5.32 Å². The van der Waals surface area contributed by atoms with Gasteiger partial charge in [-0.25, -0.2) is 9.97 Å². The lowest BCUT2D eigenvalue weighted by Crippen LogP contribution is -2.44. The molecule has 12 heteroatoms. The quantitative estimate of drug-likeness (QED) is 0.532. The number of rotatable bonds is 6. The monoisotopic (exact) mass is 446 g/mol. The lowest BCUT2D eigenvalue weighted by molar-refractivity contribution is -0.141. The molecule has 0 radical (unpaired) electrons. The van der Waals surface area contributed by atoms with E-state index in [1.165, 1.54) is 12.4 Å². The van der Waals surface area contributed by atoms with Crippen LogP contribution in [-0.2, 0) is 12.6 Å². The minimum atomic E-state index is -4.55. The summed E-state index contributed by atoms with van der Waals surface area (Å²) in [6.45, 7) is 1.72. The Hall–Kier alpha value is -3.57. The van der Waals surface area contributed by atoms with Crippen LogP contribution in [-0.4, -0.2) is 48.4 Å². The molecule has 168 valence electrons. The Morgan fingerprint density at radius 3 is 2.75 bits per heavy atom. The summed E-state index contributed by atoms with van der Waals surface area (Å²) >= 11 is 0. The maximum atomic E-state index is 13.0. The normalized spacial score (nSPS) is 18.5. The van der Waals surface area contributed by atoms with Crippen LogP contribution >= 0.6 is 0 Å². The number of aryl methyl sites for hydroxylation is 1. The van der Waals surface area contributed by atoms with Crippen LogP contribution in [0.5, 0.6) is 0 Å². The Morgan fingerprint density at radius 1 is 1.22 bits per heavy atom. The summed E-state index contributed by atoms with van der Waals surface area (Å²) in [5.74, 6) is -0.0655. The number of alkyl halides is 3. The number of halogens is 3. The zero-order chi connectivity index (χ0) is 22.7. The van der Waals surface area contributed by atoms with Gasteiger partial charge < -0.3 is 10.6 Å². The zero-order valence-corrected chi connectivity index (χ0v) is 17.1. The molecule has 4 rings (SSSR count). The van der Waals surface area contributed by atoms with Crippen LogP contribution in [0.1, 0.15) is 48.1 Å². The van der Waals surface area contributed by atoms with E-state index in [0.29, 0.717) is 23.5 Å². The molecule has 0 aromatic carbocycles.